The van der Waals surface area contributed by atoms with Gasteiger partial charge in [-0.2, -0.15) is 0 Å². The number of nitrogens with one attached hydrogen (secondary N) is 3. The summed E-state index contributed by atoms with van der Waals surface area (Å²) in [5.41, 5.74) is 3.76. The largest absolute Gasteiger partial charge is 0.361 e. The van der Waals surface area contributed by atoms with E-state index in [1.807, 2.05) is 43.5 Å². The average Bonchev–Trinajstić information content (AvgIpc) is 3.03. The van der Waals surface area contributed by atoms with Crippen molar-refractivity contribution >= 4 is 22.8 Å². The van der Waals surface area contributed by atoms with E-state index < -0.39 is 5.54 Å². The Morgan fingerprint density at radius 1 is 1.16 bits per heavy atom. The summed E-state index contributed by atoms with van der Waals surface area (Å²) in [6.45, 7) is 1.97. The fourth-order valence-corrected chi connectivity index (χ4v) is 3.43. The molecule has 2 aromatic carbocycles. The van der Waals surface area contributed by atoms with Crippen LogP contribution in [0.3, 0.4) is 0 Å². The van der Waals surface area contributed by atoms with Gasteiger partial charge in [0, 0.05) is 29.7 Å². The molecule has 3 N–H and O–H groups in total. The lowest BCUT2D eigenvalue weighted by atomic mass is 9.85. The van der Waals surface area contributed by atoms with Gasteiger partial charge in [-0.05, 0) is 30.2 Å². The van der Waals surface area contributed by atoms with Crippen molar-refractivity contribution in [3.8, 4) is 11.1 Å². The number of benzene rings is 2. The number of carbonyl (C=O) groups is 1. The summed E-state index contributed by atoms with van der Waals surface area (Å²) in [5, 5.41) is 12.3. The maximum Gasteiger partial charge on any atom is 0.231 e. The molecule has 2 heterocycles. The number of rotatable bonds is 2. The molecule has 5 heteroatoms. The highest BCUT2D eigenvalue weighted by Gasteiger charge is 2.38. The summed E-state index contributed by atoms with van der Waals surface area (Å²) in [5.74, 6) is 0.0832. The van der Waals surface area contributed by atoms with Crippen LogP contribution in [0.4, 0.5) is 0 Å². The van der Waals surface area contributed by atoms with E-state index in [0.717, 1.165) is 27.6 Å². The van der Waals surface area contributed by atoms with Crippen molar-refractivity contribution in [2.75, 3.05) is 7.05 Å². The quantitative estimate of drug-likeness (QED) is 0.673. The van der Waals surface area contributed by atoms with Gasteiger partial charge in [-0.1, -0.05) is 36.4 Å². The Hall–Kier alpha value is -3.08. The maximum atomic E-state index is 12.2. The molecule has 0 aliphatic carbocycles. The topological polar surface area (TPSA) is 72.0 Å². The molecule has 25 heavy (non-hydrogen) atoms. The Bertz CT molecular complexity index is 956. The fourth-order valence-electron chi connectivity index (χ4n) is 3.43. The summed E-state index contributed by atoms with van der Waals surface area (Å²) >= 11 is 0. The maximum absolute atomic E-state index is 12.2. The summed E-state index contributed by atoms with van der Waals surface area (Å²) in [6, 6.07) is 16.4. The highest BCUT2D eigenvalue weighted by Crippen LogP contribution is 2.34. The van der Waals surface area contributed by atoms with Gasteiger partial charge in [-0.15, -0.1) is 0 Å². The van der Waals surface area contributed by atoms with Gasteiger partial charge in [0.1, 0.15) is 0 Å². The van der Waals surface area contributed by atoms with Crippen LogP contribution in [-0.4, -0.2) is 28.8 Å². The lowest BCUT2D eigenvalue weighted by Gasteiger charge is -2.39. The molecule has 0 spiro atoms. The number of H-pyrrole nitrogens is 1. The lowest BCUT2D eigenvalue weighted by Crippen LogP contribution is -2.58. The Balaban J connectivity index is 1.81. The second-order valence-corrected chi connectivity index (χ2v) is 6.76. The second kappa shape index (κ2) is 5.48. The van der Waals surface area contributed by atoms with Crippen LogP contribution >= 0.6 is 0 Å². The normalized spacial score (nSPS) is 20.8. The SMILES string of the molecule is CN1C(=N)N[C@](C)(c2ccc3[nH]cc(-c4ccccc4)c3c2)CC1=O. The zero-order valence-corrected chi connectivity index (χ0v) is 14.3. The Morgan fingerprint density at radius 3 is 2.64 bits per heavy atom. The molecule has 1 saturated heterocycles. The standard InChI is InChI=1S/C20H20N4O/c1-20(11-18(25)24(2)19(21)23-20)14-8-9-17-15(10-14)16(12-22-17)13-6-4-3-5-7-13/h3-10,12,22H,11H2,1-2H3,(H2,21,23)/t20-/m0/s1. The Morgan fingerprint density at radius 2 is 1.92 bits per heavy atom. The van der Waals surface area contributed by atoms with E-state index in [1.165, 1.54) is 4.90 Å². The number of hydrogen-bond acceptors (Lipinski definition) is 2. The van der Waals surface area contributed by atoms with Crippen LogP contribution in [-0.2, 0) is 10.3 Å². The van der Waals surface area contributed by atoms with Gasteiger partial charge in [-0.25, -0.2) is 0 Å². The minimum absolute atomic E-state index is 0.0521. The molecule has 1 aromatic heterocycles. The van der Waals surface area contributed by atoms with Crippen molar-refractivity contribution in [3.05, 3.63) is 60.3 Å². The first kappa shape index (κ1) is 15.4. The van der Waals surface area contributed by atoms with Gasteiger partial charge < -0.3 is 10.3 Å². The summed E-state index contributed by atoms with van der Waals surface area (Å²) < 4.78 is 0. The first-order valence-electron chi connectivity index (χ1n) is 8.28. The highest BCUT2D eigenvalue weighted by molar-refractivity contribution is 6.00. The van der Waals surface area contributed by atoms with E-state index >= 15 is 0 Å². The third-order valence-corrected chi connectivity index (χ3v) is 5.01. The van der Waals surface area contributed by atoms with E-state index in [4.69, 9.17) is 5.41 Å². The van der Waals surface area contributed by atoms with Gasteiger partial charge in [0.25, 0.3) is 0 Å². The molecule has 0 unspecified atom stereocenters. The minimum Gasteiger partial charge on any atom is -0.361 e. The van der Waals surface area contributed by atoms with Crippen LogP contribution in [0.5, 0.6) is 0 Å². The monoisotopic (exact) mass is 332 g/mol. The number of hydrogen-bond donors (Lipinski definition) is 3. The van der Waals surface area contributed by atoms with E-state index in [1.54, 1.807) is 7.05 Å². The van der Waals surface area contributed by atoms with Crippen molar-refractivity contribution in [2.24, 2.45) is 0 Å². The number of aromatic nitrogens is 1. The molecule has 0 saturated carbocycles. The zero-order chi connectivity index (χ0) is 17.6. The van der Waals surface area contributed by atoms with E-state index in [9.17, 15) is 4.79 Å². The van der Waals surface area contributed by atoms with Crippen molar-refractivity contribution in [1.82, 2.24) is 15.2 Å². The minimum atomic E-state index is -0.583. The van der Waals surface area contributed by atoms with Crippen LogP contribution in [0.25, 0.3) is 22.0 Å². The van der Waals surface area contributed by atoms with Gasteiger partial charge in [0.05, 0.1) is 12.0 Å². The Labute approximate surface area is 146 Å². The summed E-state index contributed by atoms with van der Waals surface area (Å²) in [7, 11) is 1.63. The van der Waals surface area contributed by atoms with Crippen molar-refractivity contribution in [1.29, 1.82) is 5.41 Å². The first-order chi connectivity index (χ1) is 12.0. The molecule has 1 amide bonds. The summed E-state index contributed by atoms with van der Waals surface area (Å²) in [6.07, 6.45) is 2.34. The van der Waals surface area contributed by atoms with Crippen LogP contribution in [0.1, 0.15) is 18.9 Å². The van der Waals surface area contributed by atoms with Gasteiger partial charge >= 0.3 is 0 Å². The number of fused-ring (bicyclic) bond motifs is 1. The van der Waals surface area contributed by atoms with Crippen LogP contribution in [0.2, 0.25) is 0 Å². The van der Waals surface area contributed by atoms with Gasteiger partial charge in [0.15, 0.2) is 5.96 Å². The predicted molar refractivity (Wildman–Crippen MR) is 99.3 cm³/mol. The van der Waals surface area contributed by atoms with E-state index in [-0.39, 0.29) is 11.9 Å². The number of carbonyl (C=O) groups excluding carboxylic acids is 1. The number of aromatic amines is 1. The van der Waals surface area contributed by atoms with Crippen molar-refractivity contribution in [2.45, 2.75) is 18.9 Å². The molecule has 4 rings (SSSR count). The lowest BCUT2D eigenvalue weighted by molar-refractivity contribution is -0.129. The van der Waals surface area contributed by atoms with E-state index in [2.05, 4.69) is 28.5 Å². The average molecular weight is 332 g/mol. The van der Waals surface area contributed by atoms with Crippen LogP contribution < -0.4 is 5.32 Å². The van der Waals surface area contributed by atoms with Crippen molar-refractivity contribution < 1.29 is 4.79 Å². The third-order valence-electron chi connectivity index (χ3n) is 5.01. The molecule has 126 valence electrons. The highest BCUT2D eigenvalue weighted by atomic mass is 16.2. The van der Waals surface area contributed by atoms with Crippen LogP contribution in [0, 0.1) is 5.41 Å². The molecule has 1 aliphatic rings. The number of amides is 1. The second-order valence-electron chi connectivity index (χ2n) is 6.76. The molecule has 1 aliphatic heterocycles. The molecule has 0 radical (unpaired) electrons. The van der Waals surface area contributed by atoms with Crippen LogP contribution in [0.15, 0.2) is 54.7 Å². The molecule has 1 fully saturated rings. The van der Waals surface area contributed by atoms with Crippen molar-refractivity contribution in [3.63, 3.8) is 0 Å². The van der Waals surface area contributed by atoms with E-state index in [0.29, 0.717) is 6.42 Å². The Kier molecular flexibility index (Phi) is 3.39. The number of guanidine groups is 1. The smallest absolute Gasteiger partial charge is 0.231 e. The predicted octanol–water partition coefficient (Wildman–Crippen LogP) is 3.44. The molecule has 5 nitrogen and oxygen atoms in total. The number of nitrogens with zero attached hydrogens (tertiary/aromatic N) is 1. The molecule has 0 bridgehead atoms. The van der Waals surface area contributed by atoms with Gasteiger partial charge in [0.2, 0.25) is 5.91 Å². The molecule has 1 atom stereocenters. The first-order valence-corrected chi connectivity index (χ1v) is 8.28. The van der Waals surface area contributed by atoms with Gasteiger partial charge in [-0.3, -0.25) is 15.1 Å². The molecular weight excluding hydrogens is 312 g/mol. The zero-order valence-electron chi connectivity index (χ0n) is 14.3. The third kappa shape index (κ3) is 2.48. The summed E-state index contributed by atoms with van der Waals surface area (Å²) in [4.78, 5) is 16.9. The fraction of sp³-hybridized carbons (Fsp3) is 0.200. The molecule has 3 aromatic rings. The molecular formula is C20H20N4O.